The smallest absolute Gasteiger partial charge is 0.338 e. The molecule has 7 heteroatoms. The average Bonchev–Trinajstić information content (AvgIpc) is 2.42. The zero-order chi connectivity index (χ0) is 14.3. The summed E-state index contributed by atoms with van der Waals surface area (Å²) in [5.74, 6) is -1.68. The fourth-order valence-corrected chi connectivity index (χ4v) is 1.56. The van der Waals surface area contributed by atoms with E-state index in [2.05, 4.69) is 4.98 Å². The topological polar surface area (TPSA) is 100.0 Å². The van der Waals surface area contributed by atoms with Crippen LogP contribution in [0.4, 0.5) is 0 Å². The molecule has 0 aliphatic carbocycles. The first-order valence-electron chi connectivity index (χ1n) is 5.68. The first-order valence-corrected chi connectivity index (χ1v) is 5.68. The fraction of sp³-hybridized carbons (Fsp3) is 0.417. The second kappa shape index (κ2) is 7.45. The van der Waals surface area contributed by atoms with E-state index in [-0.39, 0.29) is 30.8 Å². The van der Waals surface area contributed by atoms with Crippen LogP contribution in [-0.2, 0) is 4.74 Å². The highest BCUT2D eigenvalue weighted by molar-refractivity contribution is 6.04. The second-order valence-electron chi connectivity index (χ2n) is 3.74. The standard InChI is InChI=1S/C12H16N2O5/c1-19-7-5-14(4-6-15)11(16)9-2-3-13-8-10(9)12(17)18/h2-3,8,15H,4-7H2,1H3,(H,17,18). The van der Waals surface area contributed by atoms with E-state index in [1.807, 2.05) is 0 Å². The maximum Gasteiger partial charge on any atom is 0.338 e. The van der Waals surface area contributed by atoms with Gasteiger partial charge in [-0.05, 0) is 6.07 Å². The molecule has 1 heterocycles. The molecular formula is C12H16N2O5. The molecule has 19 heavy (non-hydrogen) atoms. The Labute approximate surface area is 110 Å². The molecule has 1 aromatic heterocycles. The summed E-state index contributed by atoms with van der Waals surface area (Å²) in [6, 6.07) is 1.35. The maximum absolute atomic E-state index is 12.2. The predicted octanol–water partition coefficient (Wildman–Crippen LogP) is -0.139. The Hall–Kier alpha value is -1.99. The lowest BCUT2D eigenvalue weighted by atomic mass is 10.1. The highest BCUT2D eigenvalue weighted by Gasteiger charge is 2.21. The van der Waals surface area contributed by atoms with Crippen molar-refractivity contribution < 1.29 is 24.5 Å². The molecule has 0 aliphatic rings. The minimum atomic E-state index is -1.22. The largest absolute Gasteiger partial charge is 0.478 e. The first-order chi connectivity index (χ1) is 9.11. The van der Waals surface area contributed by atoms with Gasteiger partial charge in [-0.3, -0.25) is 9.78 Å². The van der Waals surface area contributed by atoms with E-state index in [0.717, 1.165) is 6.20 Å². The summed E-state index contributed by atoms with van der Waals surface area (Å²) in [6.07, 6.45) is 2.48. The molecular weight excluding hydrogens is 252 g/mol. The fourth-order valence-electron chi connectivity index (χ4n) is 1.56. The molecule has 0 atom stereocenters. The van der Waals surface area contributed by atoms with Crippen molar-refractivity contribution in [2.45, 2.75) is 0 Å². The van der Waals surface area contributed by atoms with Crippen LogP contribution in [0.5, 0.6) is 0 Å². The third-order valence-corrected chi connectivity index (χ3v) is 2.50. The quantitative estimate of drug-likeness (QED) is 0.714. The van der Waals surface area contributed by atoms with Crippen molar-refractivity contribution in [1.29, 1.82) is 0 Å². The van der Waals surface area contributed by atoms with E-state index in [9.17, 15) is 9.59 Å². The van der Waals surface area contributed by atoms with Crippen LogP contribution >= 0.6 is 0 Å². The van der Waals surface area contributed by atoms with Gasteiger partial charge in [0.2, 0.25) is 0 Å². The van der Waals surface area contributed by atoms with Crippen molar-refractivity contribution in [3.63, 3.8) is 0 Å². The molecule has 0 unspecified atom stereocenters. The van der Waals surface area contributed by atoms with Crippen LogP contribution in [0.2, 0.25) is 0 Å². The van der Waals surface area contributed by atoms with Gasteiger partial charge in [-0.25, -0.2) is 4.79 Å². The number of rotatable bonds is 7. The van der Waals surface area contributed by atoms with Crippen LogP contribution in [0.1, 0.15) is 20.7 Å². The van der Waals surface area contributed by atoms with Crippen molar-refractivity contribution in [3.05, 3.63) is 29.6 Å². The lowest BCUT2D eigenvalue weighted by Gasteiger charge is -2.22. The number of aliphatic hydroxyl groups is 1. The Balaban J connectivity index is 2.98. The molecule has 0 fully saturated rings. The highest BCUT2D eigenvalue weighted by Crippen LogP contribution is 2.10. The lowest BCUT2D eigenvalue weighted by molar-refractivity contribution is 0.0632. The van der Waals surface area contributed by atoms with Gasteiger partial charge >= 0.3 is 5.97 Å². The van der Waals surface area contributed by atoms with Gasteiger partial charge < -0.3 is 19.8 Å². The summed E-state index contributed by atoms with van der Waals surface area (Å²) < 4.78 is 4.88. The molecule has 1 aromatic rings. The van der Waals surface area contributed by atoms with Crippen LogP contribution in [0.25, 0.3) is 0 Å². The number of carboxylic acid groups (broad SMARTS) is 1. The minimum absolute atomic E-state index is 0.0482. The molecule has 2 N–H and O–H groups in total. The molecule has 0 aliphatic heterocycles. The number of carboxylic acids is 1. The van der Waals surface area contributed by atoms with Crippen molar-refractivity contribution in [2.24, 2.45) is 0 Å². The van der Waals surface area contributed by atoms with Crippen molar-refractivity contribution in [3.8, 4) is 0 Å². The Morgan fingerprint density at radius 1 is 1.37 bits per heavy atom. The van der Waals surface area contributed by atoms with E-state index < -0.39 is 11.9 Å². The summed E-state index contributed by atoms with van der Waals surface area (Å²) in [4.78, 5) is 28.3. The van der Waals surface area contributed by atoms with Gasteiger partial charge in [0.15, 0.2) is 0 Å². The molecule has 0 aromatic carbocycles. The Kier molecular flexibility index (Phi) is 5.91. The summed E-state index contributed by atoms with van der Waals surface area (Å²) >= 11 is 0. The number of aromatic nitrogens is 1. The molecule has 0 saturated heterocycles. The molecule has 1 amide bonds. The lowest BCUT2D eigenvalue weighted by Crippen LogP contribution is -2.37. The average molecular weight is 268 g/mol. The number of amides is 1. The number of nitrogens with zero attached hydrogens (tertiary/aromatic N) is 2. The number of methoxy groups -OCH3 is 1. The van der Waals surface area contributed by atoms with E-state index in [1.165, 1.54) is 24.3 Å². The van der Waals surface area contributed by atoms with Gasteiger partial charge in [-0.1, -0.05) is 0 Å². The summed E-state index contributed by atoms with van der Waals surface area (Å²) in [6.45, 7) is 0.489. The molecule has 0 radical (unpaired) electrons. The van der Waals surface area contributed by atoms with Crippen LogP contribution in [-0.4, -0.2) is 65.4 Å². The summed E-state index contributed by atoms with van der Waals surface area (Å²) in [5, 5.41) is 18.0. The van der Waals surface area contributed by atoms with Gasteiger partial charge in [0, 0.05) is 32.6 Å². The minimum Gasteiger partial charge on any atom is -0.478 e. The van der Waals surface area contributed by atoms with Gasteiger partial charge in [0.05, 0.1) is 24.3 Å². The number of aliphatic hydroxyl groups excluding tert-OH is 1. The zero-order valence-electron chi connectivity index (χ0n) is 10.6. The summed E-state index contributed by atoms with van der Waals surface area (Å²) in [7, 11) is 1.50. The number of carbonyl (C=O) groups is 2. The summed E-state index contributed by atoms with van der Waals surface area (Å²) in [5.41, 5.74) is -0.111. The van der Waals surface area contributed by atoms with Gasteiger partial charge in [-0.2, -0.15) is 0 Å². The van der Waals surface area contributed by atoms with E-state index in [4.69, 9.17) is 14.9 Å². The molecule has 0 saturated carbocycles. The van der Waals surface area contributed by atoms with E-state index >= 15 is 0 Å². The van der Waals surface area contributed by atoms with Crippen molar-refractivity contribution in [2.75, 3.05) is 33.4 Å². The predicted molar refractivity (Wildman–Crippen MR) is 66.1 cm³/mol. The molecule has 1 rings (SSSR count). The number of pyridine rings is 1. The van der Waals surface area contributed by atoms with E-state index in [0.29, 0.717) is 6.61 Å². The normalized spacial score (nSPS) is 10.2. The zero-order valence-corrected chi connectivity index (χ0v) is 10.6. The number of hydrogen-bond acceptors (Lipinski definition) is 5. The van der Waals surface area contributed by atoms with Crippen molar-refractivity contribution >= 4 is 11.9 Å². The SMILES string of the molecule is COCCN(CCO)C(=O)c1ccncc1C(=O)O. The van der Waals surface area contributed by atoms with Gasteiger partial charge in [0.25, 0.3) is 5.91 Å². The number of aromatic carboxylic acids is 1. The molecule has 7 nitrogen and oxygen atoms in total. The van der Waals surface area contributed by atoms with Crippen LogP contribution < -0.4 is 0 Å². The maximum atomic E-state index is 12.2. The van der Waals surface area contributed by atoms with E-state index in [1.54, 1.807) is 0 Å². The van der Waals surface area contributed by atoms with Crippen molar-refractivity contribution in [1.82, 2.24) is 9.88 Å². The Morgan fingerprint density at radius 2 is 2.11 bits per heavy atom. The van der Waals surface area contributed by atoms with Crippen LogP contribution in [0.3, 0.4) is 0 Å². The molecule has 0 bridgehead atoms. The van der Waals surface area contributed by atoms with Gasteiger partial charge in [0.1, 0.15) is 0 Å². The van der Waals surface area contributed by atoms with Crippen LogP contribution in [0, 0.1) is 0 Å². The third-order valence-electron chi connectivity index (χ3n) is 2.50. The number of ether oxygens (including phenoxy) is 1. The van der Waals surface area contributed by atoms with Crippen LogP contribution in [0.15, 0.2) is 18.5 Å². The number of hydrogen-bond donors (Lipinski definition) is 2. The second-order valence-corrected chi connectivity index (χ2v) is 3.74. The monoisotopic (exact) mass is 268 g/mol. The third kappa shape index (κ3) is 4.01. The Morgan fingerprint density at radius 3 is 2.68 bits per heavy atom. The first kappa shape index (κ1) is 15.1. The Bertz CT molecular complexity index is 450. The highest BCUT2D eigenvalue weighted by atomic mass is 16.5. The molecule has 104 valence electrons. The molecule has 0 spiro atoms. The van der Waals surface area contributed by atoms with Gasteiger partial charge in [-0.15, -0.1) is 0 Å². The number of carbonyl (C=O) groups excluding carboxylic acids is 1.